The van der Waals surface area contributed by atoms with Crippen molar-refractivity contribution in [1.29, 1.82) is 0 Å². The molecule has 2 aromatic carbocycles. The van der Waals surface area contributed by atoms with Crippen molar-refractivity contribution >= 4 is 22.6 Å². The molecule has 0 saturated carbocycles. The fourth-order valence-corrected chi connectivity index (χ4v) is 3.12. The first kappa shape index (κ1) is 16.8. The van der Waals surface area contributed by atoms with Crippen molar-refractivity contribution in [2.24, 2.45) is 0 Å². The standard InChI is InChI=1S/C21H18N4O2/c1-12-7-9-14(10-8-12)25-21-16(13(2)24-25)11-17(20(22)23-21)19(27)15-5-3-4-6-18(15)26/h3-11H,1-2H3,(H3,22,23,24,26,27)/p+1. The SMILES string of the molecule is Cc1ccc(-[n+]2[nH]c(C)c3cc(C(=O)c4ccccc4O)c(N)nc32)cc1. The minimum Gasteiger partial charge on any atom is -0.507 e. The van der Waals surface area contributed by atoms with E-state index in [4.69, 9.17) is 5.73 Å². The highest BCUT2D eigenvalue weighted by Crippen LogP contribution is 2.25. The summed E-state index contributed by atoms with van der Waals surface area (Å²) in [6.07, 6.45) is 0. The first-order valence-electron chi connectivity index (χ1n) is 8.56. The van der Waals surface area contributed by atoms with Gasteiger partial charge >= 0.3 is 5.65 Å². The monoisotopic (exact) mass is 359 g/mol. The van der Waals surface area contributed by atoms with Crippen molar-refractivity contribution < 1.29 is 14.6 Å². The topological polar surface area (TPSA) is 95.9 Å². The van der Waals surface area contributed by atoms with Crippen LogP contribution in [0.25, 0.3) is 16.7 Å². The number of carbonyl (C=O) groups is 1. The van der Waals surface area contributed by atoms with Crippen LogP contribution in [-0.4, -0.2) is 21.0 Å². The van der Waals surface area contributed by atoms with Crippen molar-refractivity contribution in [2.75, 3.05) is 5.73 Å². The quantitative estimate of drug-likeness (QED) is 0.387. The highest BCUT2D eigenvalue weighted by Gasteiger charge is 2.25. The van der Waals surface area contributed by atoms with E-state index in [1.54, 1.807) is 24.3 Å². The van der Waals surface area contributed by atoms with Gasteiger partial charge in [0.05, 0.1) is 22.2 Å². The number of phenols is 1. The molecule has 4 rings (SSSR count). The molecular weight excluding hydrogens is 340 g/mol. The van der Waals surface area contributed by atoms with Crippen molar-refractivity contribution in [3.05, 3.63) is 77.0 Å². The molecule has 6 nitrogen and oxygen atoms in total. The summed E-state index contributed by atoms with van der Waals surface area (Å²) >= 11 is 0. The molecule has 0 radical (unpaired) electrons. The Kier molecular flexibility index (Phi) is 3.88. The van der Waals surface area contributed by atoms with Crippen LogP contribution >= 0.6 is 0 Å². The molecule has 6 heteroatoms. The van der Waals surface area contributed by atoms with Crippen LogP contribution in [0.4, 0.5) is 5.82 Å². The molecule has 2 heterocycles. The largest absolute Gasteiger partial charge is 0.507 e. The van der Waals surface area contributed by atoms with Crippen LogP contribution in [0.1, 0.15) is 27.2 Å². The third kappa shape index (κ3) is 2.81. The third-order valence-corrected chi connectivity index (χ3v) is 4.61. The van der Waals surface area contributed by atoms with Gasteiger partial charge in [-0.1, -0.05) is 29.8 Å². The molecule has 0 aliphatic rings. The van der Waals surface area contributed by atoms with E-state index in [0.717, 1.165) is 22.3 Å². The van der Waals surface area contributed by atoms with E-state index in [1.807, 2.05) is 42.8 Å². The number of anilines is 1. The lowest BCUT2D eigenvalue weighted by molar-refractivity contribution is -0.632. The summed E-state index contributed by atoms with van der Waals surface area (Å²) in [5, 5.41) is 14.0. The molecule has 0 saturated heterocycles. The Labute approximate surface area is 155 Å². The van der Waals surface area contributed by atoms with Crippen LogP contribution in [0.15, 0.2) is 54.6 Å². The predicted octanol–water partition coefficient (Wildman–Crippen LogP) is 2.98. The number of rotatable bonds is 3. The Hall–Kier alpha value is -3.67. The summed E-state index contributed by atoms with van der Waals surface area (Å²) in [6.45, 7) is 3.94. The van der Waals surface area contributed by atoms with Crippen molar-refractivity contribution in [3.63, 3.8) is 0 Å². The van der Waals surface area contributed by atoms with Crippen LogP contribution in [0, 0.1) is 13.8 Å². The number of aromatic amines is 1. The van der Waals surface area contributed by atoms with E-state index in [2.05, 4.69) is 10.1 Å². The molecule has 0 atom stereocenters. The fraction of sp³-hybridized carbons (Fsp3) is 0.0952. The molecule has 0 aliphatic heterocycles. The number of H-pyrrole nitrogens is 1. The summed E-state index contributed by atoms with van der Waals surface area (Å²) in [5.41, 5.74) is 10.2. The number of aryl methyl sites for hydroxylation is 2. The second kappa shape index (κ2) is 6.25. The predicted molar refractivity (Wildman–Crippen MR) is 103 cm³/mol. The van der Waals surface area contributed by atoms with Gasteiger partial charge in [-0.15, -0.1) is 4.68 Å². The smallest absolute Gasteiger partial charge is 0.358 e. The highest BCUT2D eigenvalue weighted by atomic mass is 16.3. The number of aromatic nitrogens is 3. The number of nitrogens with two attached hydrogens (primary N) is 1. The summed E-state index contributed by atoms with van der Waals surface area (Å²) in [4.78, 5) is 17.3. The molecule has 0 aliphatic carbocycles. The number of phenolic OH excluding ortho intramolecular Hbond substituents is 1. The number of carbonyl (C=O) groups excluding carboxylic acids is 1. The van der Waals surface area contributed by atoms with Crippen LogP contribution in [0.5, 0.6) is 5.75 Å². The maximum absolute atomic E-state index is 12.9. The molecular formula is C21H19N4O2+. The van der Waals surface area contributed by atoms with E-state index < -0.39 is 0 Å². The number of hydrogen-bond donors (Lipinski definition) is 3. The fourth-order valence-electron chi connectivity index (χ4n) is 3.12. The summed E-state index contributed by atoms with van der Waals surface area (Å²) < 4.78 is 1.84. The van der Waals surface area contributed by atoms with Crippen LogP contribution in [0.3, 0.4) is 0 Å². The minimum absolute atomic E-state index is 0.0810. The van der Waals surface area contributed by atoms with Gasteiger partial charge in [0.15, 0.2) is 5.69 Å². The van der Waals surface area contributed by atoms with E-state index in [0.29, 0.717) is 5.65 Å². The Balaban J connectivity index is 1.88. The maximum Gasteiger partial charge on any atom is 0.358 e. The molecule has 27 heavy (non-hydrogen) atoms. The number of nitrogens with one attached hydrogen (secondary N) is 1. The zero-order valence-corrected chi connectivity index (χ0v) is 15.0. The lowest BCUT2D eigenvalue weighted by atomic mass is 10.0. The van der Waals surface area contributed by atoms with Crippen molar-refractivity contribution in [2.45, 2.75) is 13.8 Å². The van der Waals surface area contributed by atoms with Crippen LogP contribution < -0.4 is 10.4 Å². The first-order valence-corrected chi connectivity index (χ1v) is 8.56. The van der Waals surface area contributed by atoms with Crippen molar-refractivity contribution in [3.8, 4) is 11.4 Å². The molecule has 2 aromatic heterocycles. The number of ketones is 1. The first-order chi connectivity index (χ1) is 13.0. The van der Waals surface area contributed by atoms with Gasteiger partial charge in [-0.25, -0.2) is 5.10 Å². The number of hydrogen-bond acceptors (Lipinski definition) is 4. The molecule has 0 spiro atoms. The average Bonchev–Trinajstić information content (AvgIpc) is 2.97. The molecule has 4 aromatic rings. The summed E-state index contributed by atoms with van der Waals surface area (Å²) in [7, 11) is 0. The average molecular weight is 359 g/mol. The van der Waals surface area contributed by atoms with Crippen LogP contribution in [0.2, 0.25) is 0 Å². The molecule has 0 amide bonds. The summed E-state index contributed by atoms with van der Waals surface area (Å²) in [5.74, 6) is -0.319. The van der Waals surface area contributed by atoms with E-state index >= 15 is 0 Å². The molecule has 134 valence electrons. The second-order valence-corrected chi connectivity index (χ2v) is 6.55. The zero-order chi connectivity index (χ0) is 19.1. The normalized spacial score (nSPS) is 11.0. The lowest BCUT2D eigenvalue weighted by Gasteiger charge is -2.04. The Morgan fingerprint density at radius 3 is 2.48 bits per heavy atom. The van der Waals surface area contributed by atoms with Gasteiger partial charge in [-0.2, -0.15) is 0 Å². The van der Waals surface area contributed by atoms with Gasteiger partial charge in [0.25, 0.3) is 0 Å². The van der Waals surface area contributed by atoms with Gasteiger partial charge in [0.1, 0.15) is 5.75 Å². The molecule has 0 bridgehead atoms. The maximum atomic E-state index is 12.9. The van der Waals surface area contributed by atoms with E-state index in [9.17, 15) is 9.90 Å². The van der Waals surface area contributed by atoms with Crippen LogP contribution in [-0.2, 0) is 0 Å². The minimum atomic E-state index is -0.359. The van der Waals surface area contributed by atoms with E-state index in [-0.39, 0.29) is 28.5 Å². The second-order valence-electron chi connectivity index (χ2n) is 6.55. The number of para-hydroxylation sites is 1. The highest BCUT2D eigenvalue weighted by molar-refractivity contribution is 6.14. The molecule has 0 unspecified atom stereocenters. The lowest BCUT2D eigenvalue weighted by Crippen LogP contribution is -2.33. The number of nitrogens with zero attached hydrogens (tertiary/aromatic N) is 2. The van der Waals surface area contributed by atoms with Crippen molar-refractivity contribution in [1.82, 2.24) is 10.1 Å². The number of benzene rings is 2. The third-order valence-electron chi connectivity index (χ3n) is 4.61. The Morgan fingerprint density at radius 2 is 1.78 bits per heavy atom. The summed E-state index contributed by atoms with van der Waals surface area (Å²) in [6, 6.07) is 16.1. The van der Waals surface area contributed by atoms with Gasteiger partial charge < -0.3 is 10.8 Å². The molecule has 0 fully saturated rings. The van der Waals surface area contributed by atoms with Gasteiger partial charge in [0.2, 0.25) is 11.6 Å². The van der Waals surface area contributed by atoms with Gasteiger partial charge in [-0.3, -0.25) is 4.79 Å². The number of pyridine rings is 1. The Bertz CT molecular complexity index is 1180. The van der Waals surface area contributed by atoms with E-state index in [1.165, 1.54) is 6.07 Å². The zero-order valence-electron chi connectivity index (χ0n) is 15.0. The Morgan fingerprint density at radius 1 is 1.07 bits per heavy atom. The van der Waals surface area contributed by atoms with Gasteiger partial charge in [0, 0.05) is 0 Å². The van der Waals surface area contributed by atoms with Gasteiger partial charge in [-0.05, 0) is 49.2 Å². The number of nitrogen functional groups attached to an aromatic ring is 1. The molecule has 4 N–H and O–H groups in total. The number of aromatic hydroxyl groups is 1. The number of fused-ring (bicyclic) bond motifs is 1.